The molecule has 1 aromatic heterocycles. The normalized spacial score (nSPS) is 11.6. The van der Waals surface area contributed by atoms with Crippen molar-refractivity contribution in [2.45, 2.75) is 12.5 Å². The summed E-state index contributed by atoms with van der Waals surface area (Å²) in [7, 11) is 0. The lowest BCUT2D eigenvalue weighted by atomic mass is 10.1. The molecule has 0 radical (unpaired) electrons. The molecule has 2 rings (SSSR count). The molecule has 104 valence electrons. The number of aliphatic hydroxyl groups is 1. The minimum Gasteiger partial charge on any atom is -0.473 e. The largest absolute Gasteiger partial charge is 0.473 e. The van der Waals surface area contributed by atoms with Crippen molar-refractivity contribution in [2.24, 2.45) is 0 Å². The predicted molar refractivity (Wildman–Crippen MR) is 75.7 cm³/mol. The van der Waals surface area contributed by atoms with Crippen LogP contribution in [0.25, 0.3) is 0 Å². The van der Waals surface area contributed by atoms with Gasteiger partial charge in [-0.1, -0.05) is 12.1 Å². The van der Waals surface area contributed by atoms with E-state index in [-0.39, 0.29) is 6.61 Å². The van der Waals surface area contributed by atoms with E-state index in [1.807, 2.05) is 24.3 Å². The molecule has 1 atom stereocenters. The second-order valence-corrected chi connectivity index (χ2v) is 4.68. The minimum absolute atomic E-state index is 0.158. The van der Waals surface area contributed by atoms with Crippen LogP contribution in [0.3, 0.4) is 0 Å². The van der Waals surface area contributed by atoms with Gasteiger partial charge in [-0.25, -0.2) is 0 Å². The van der Waals surface area contributed by atoms with Crippen molar-refractivity contribution < 1.29 is 9.84 Å². The Bertz CT molecular complexity index is 551. The van der Waals surface area contributed by atoms with E-state index in [1.165, 1.54) is 6.20 Å². The first-order chi connectivity index (χ1) is 9.78. The summed E-state index contributed by atoms with van der Waals surface area (Å²) >= 11 is 1.06. The van der Waals surface area contributed by atoms with Crippen LogP contribution in [0.15, 0.2) is 30.5 Å². The molecule has 2 aromatic rings. The number of benzene rings is 1. The zero-order valence-electron chi connectivity index (χ0n) is 10.7. The summed E-state index contributed by atoms with van der Waals surface area (Å²) in [4.78, 5) is 0. The Hall–Kier alpha value is -2.17. The highest BCUT2D eigenvalue weighted by molar-refractivity contribution is 6.99. The maximum Gasteiger partial charge on any atom is 0.245 e. The first kappa shape index (κ1) is 14.2. The predicted octanol–water partition coefficient (Wildman–Crippen LogP) is 1.46. The average Bonchev–Trinajstić information content (AvgIpc) is 2.98. The van der Waals surface area contributed by atoms with Crippen LogP contribution in [0.1, 0.15) is 5.56 Å². The Morgan fingerprint density at radius 1 is 1.40 bits per heavy atom. The highest BCUT2D eigenvalue weighted by Gasteiger charge is 2.06. The Balaban J connectivity index is 1.72. The lowest BCUT2D eigenvalue weighted by Crippen LogP contribution is -2.26. The molecule has 6 nitrogen and oxygen atoms in total. The van der Waals surface area contributed by atoms with E-state index in [0.717, 1.165) is 23.0 Å². The number of nitriles is 1. The summed E-state index contributed by atoms with van der Waals surface area (Å²) in [5, 5.41) is 21.5. The Morgan fingerprint density at radius 3 is 2.85 bits per heavy atom. The summed E-state index contributed by atoms with van der Waals surface area (Å²) < 4.78 is 12.9. The second-order valence-electron chi connectivity index (χ2n) is 4.12. The highest BCUT2D eigenvalue weighted by Crippen LogP contribution is 2.10. The van der Waals surface area contributed by atoms with Crippen molar-refractivity contribution in [2.75, 3.05) is 18.5 Å². The van der Waals surface area contributed by atoms with Gasteiger partial charge in [-0.2, -0.15) is 9.64 Å². The quantitative estimate of drug-likeness (QED) is 0.802. The number of aliphatic hydroxyl groups excluding tert-OH is 1. The van der Waals surface area contributed by atoms with Crippen LogP contribution in [0.4, 0.5) is 5.69 Å². The molecular weight excluding hydrogens is 276 g/mol. The number of ether oxygens (including phenoxy) is 1. The molecule has 1 aromatic carbocycles. The van der Waals surface area contributed by atoms with Crippen molar-refractivity contribution in [3.8, 4) is 11.9 Å². The van der Waals surface area contributed by atoms with Crippen LogP contribution in [0, 0.1) is 11.3 Å². The maximum atomic E-state index is 9.77. The van der Waals surface area contributed by atoms with Gasteiger partial charge < -0.3 is 15.2 Å². The molecule has 7 heteroatoms. The first-order valence-electron chi connectivity index (χ1n) is 6.06. The molecule has 0 aliphatic rings. The van der Waals surface area contributed by atoms with Gasteiger partial charge in [0.1, 0.15) is 18.9 Å². The summed E-state index contributed by atoms with van der Waals surface area (Å²) in [5.41, 5.74) is 1.86. The molecule has 1 heterocycles. The summed E-state index contributed by atoms with van der Waals surface area (Å²) in [6, 6.07) is 9.62. The van der Waals surface area contributed by atoms with Gasteiger partial charge in [-0.15, -0.1) is 4.37 Å². The SMILES string of the molecule is N#CCc1ccc(NCC(O)COc2cnsn2)cc1. The van der Waals surface area contributed by atoms with E-state index >= 15 is 0 Å². The lowest BCUT2D eigenvalue weighted by molar-refractivity contribution is 0.115. The van der Waals surface area contributed by atoms with Gasteiger partial charge in [0, 0.05) is 12.2 Å². The first-order valence-corrected chi connectivity index (χ1v) is 6.79. The number of aromatic nitrogens is 2. The van der Waals surface area contributed by atoms with Crippen molar-refractivity contribution >= 4 is 17.4 Å². The maximum absolute atomic E-state index is 9.77. The van der Waals surface area contributed by atoms with Crippen molar-refractivity contribution in [1.29, 1.82) is 5.26 Å². The third-order valence-corrected chi connectivity index (χ3v) is 3.00. The fourth-order valence-electron chi connectivity index (χ4n) is 1.53. The molecular formula is C13H14N4O2S. The van der Waals surface area contributed by atoms with E-state index in [0.29, 0.717) is 18.8 Å². The fourth-order valence-corrected chi connectivity index (χ4v) is 1.89. The van der Waals surface area contributed by atoms with Crippen LogP contribution < -0.4 is 10.1 Å². The molecule has 2 N–H and O–H groups in total. The summed E-state index contributed by atoms with van der Waals surface area (Å²) in [6.45, 7) is 0.528. The van der Waals surface area contributed by atoms with Crippen molar-refractivity contribution in [3.63, 3.8) is 0 Å². The summed E-state index contributed by atoms with van der Waals surface area (Å²) in [5.74, 6) is 0.426. The van der Waals surface area contributed by atoms with Crippen LogP contribution in [0.5, 0.6) is 5.88 Å². The van der Waals surface area contributed by atoms with E-state index in [2.05, 4.69) is 20.1 Å². The molecule has 20 heavy (non-hydrogen) atoms. The monoisotopic (exact) mass is 290 g/mol. The molecule has 0 aliphatic carbocycles. The molecule has 0 bridgehead atoms. The van der Waals surface area contributed by atoms with Crippen molar-refractivity contribution in [3.05, 3.63) is 36.0 Å². The summed E-state index contributed by atoms with van der Waals surface area (Å²) in [6.07, 6.45) is 1.27. The Kier molecular flexibility index (Phi) is 5.29. The van der Waals surface area contributed by atoms with Gasteiger partial charge in [-0.3, -0.25) is 0 Å². The minimum atomic E-state index is -0.643. The van der Waals surface area contributed by atoms with Gasteiger partial charge in [0.15, 0.2) is 0 Å². The fraction of sp³-hybridized carbons (Fsp3) is 0.308. The molecule has 0 saturated heterocycles. The topological polar surface area (TPSA) is 91.1 Å². The van der Waals surface area contributed by atoms with E-state index in [9.17, 15) is 5.11 Å². The van der Waals surface area contributed by atoms with Crippen molar-refractivity contribution in [1.82, 2.24) is 8.75 Å². The molecule has 1 unspecified atom stereocenters. The number of rotatable bonds is 7. The Labute approximate surface area is 121 Å². The van der Waals surface area contributed by atoms with E-state index < -0.39 is 6.10 Å². The third-order valence-electron chi connectivity index (χ3n) is 2.54. The highest BCUT2D eigenvalue weighted by atomic mass is 32.1. The number of hydrogen-bond acceptors (Lipinski definition) is 7. The Morgan fingerprint density at radius 2 is 2.20 bits per heavy atom. The van der Waals surface area contributed by atoms with Crippen LogP contribution >= 0.6 is 11.7 Å². The molecule has 0 saturated carbocycles. The molecule has 0 aliphatic heterocycles. The second kappa shape index (κ2) is 7.43. The smallest absolute Gasteiger partial charge is 0.245 e. The molecule has 0 amide bonds. The average molecular weight is 290 g/mol. The third kappa shape index (κ3) is 4.50. The van der Waals surface area contributed by atoms with Crippen LogP contribution in [-0.2, 0) is 6.42 Å². The molecule has 0 fully saturated rings. The molecule has 0 spiro atoms. The van der Waals surface area contributed by atoms with Gasteiger partial charge in [0.2, 0.25) is 5.88 Å². The number of anilines is 1. The van der Waals surface area contributed by atoms with Crippen LogP contribution in [-0.4, -0.2) is 33.1 Å². The van der Waals surface area contributed by atoms with E-state index in [1.54, 1.807) is 0 Å². The van der Waals surface area contributed by atoms with Gasteiger partial charge in [0.05, 0.1) is 24.2 Å². The van der Waals surface area contributed by atoms with Gasteiger partial charge >= 0.3 is 0 Å². The standard InChI is InChI=1S/C13H14N4O2S/c14-6-5-10-1-3-11(4-2-10)15-7-12(18)9-19-13-8-16-20-17-13/h1-4,8,12,15,18H,5,7,9H2. The van der Waals surface area contributed by atoms with Crippen LogP contribution in [0.2, 0.25) is 0 Å². The number of nitrogens with zero attached hydrogens (tertiary/aromatic N) is 3. The zero-order valence-corrected chi connectivity index (χ0v) is 11.5. The van der Waals surface area contributed by atoms with E-state index in [4.69, 9.17) is 10.00 Å². The number of hydrogen-bond donors (Lipinski definition) is 2. The number of nitrogens with one attached hydrogen (secondary N) is 1. The zero-order chi connectivity index (χ0) is 14.2. The lowest BCUT2D eigenvalue weighted by Gasteiger charge is -2.12. The van der Waals surface area contributed by atoms with Gasteiger partial charge in [0.25, 0.3) is 0 Å². The van der Waals surface area contributed by atoms with Gasteiger partial charge in [-0.05, 0) is 17.7 Å².